The number of benzene rings is 2. The fourth-order valence-corrected chi connectivity index (χ4v) is 5.73. The molecule has 4 aliphatic rings. The van der Waals surface area contributed by atoms with E-state index in [2.05, 4.69) is 22.1 Å². The summed E-state index contributed by atoms with van der Waals surface area (Å²) in [5.74, 6) is 1.20. The van der Waals surface area contributed by atoms with E-state index >= 15 is 0 Å². The highest BCUT2D eigenvalue weighted by molar-refractivity contribution is 6.39. The van der Waals surface area contributed by atoms with Crippen LogP contribution in [-0.2, 0) is 0 Å². The number of rotatable bonds is 4. The van der Waals surface area contributed by atoms with Crippen molar-refractivity contribution in [1.29, 1.82) is 0 Å². The summed E-state index contributed by atoms with van der Waals surface area (Å²) >= 11 is 0. The Hall–Kier alpha value is -3.51. The van der Waals surface area contributed by atoms with Crippen LogP contribution < -0.4 is 15.0 Å². The van der Waals surface area contributed by atoms with E-state index in [0.717, 1.165) is 36.6 Å². The van der Waals surface area contributed by atoms with Crippen molar-refractivity contribution in [2.75, 3.05) is 26.2 Å². The third kappa shape index (κ3) is 3.73. The summed E-state index contributed by atoms with van der Waals surface area (Å²) in [5.41, 5.74) is 4.96. The molecule has 0 aromatic heterocycles. The molecule has 2 atom stereocenters. The minimum atomic E-state index is -0.470. The summed E-state index contributed by atoms with van der Waals surface area (Å²) in [7, 11) is 0. The van der Waals surface area contributed by atoms with Crippen molar-refractivity contribution in [3.05, 3.63) is 82.1 Å². The molecule has 2 aliphatic carbocycles. The molecular weight excluding hydrogens is 438 g/mol. The number of fused-ring (bicyclic) bond motifs is 4. The van der Waals surface area contributed by atoms with E-state index in [0.29, 0.717) is 46.1 Å². The first-order valence-electron chi connectivity index (χ1n) is 12.5. The van der Waals surface area contributed by atoms with Crippen LogP contribution in [0.1, 0.15) is 46.0 Å². The molecule has 0 radical (unpaired) electrons. The molecular formula is C29H30N3O3+. The number of aryl methyl sites for hydroxylation is 1. The van der Waals surface area contributed by atoms with Crippen molar-refractivity contribution in [1.82, 2.24) is 10.2 Å². The first-order chi connectivity index (χ1) is 17.0. The standard InChI is InChI=1S/C29H29N3O3/c1-17-7-6-13-32(16-17)14-12-30-21-15-23-27(31-26-18(2)8-5-11-22(26)35-23)25-24(21)28(33)19-9-3-4-10-20(19)29(25)34/h3-5,8-11,15,17,23,30H,6-7,12-14,16H2,1-2H3/p+1/t17-,23?/m1/s1. The zero-order chi connectivity index (χ0) is 24.1. The van der Waals surface area contributed by atoms with E-state index in [9.17, 15) is 9.59 Å². The third-order valence-corrected chi connectivity index (χ3v) is 7.49. The van der Waals surface area contributed by atoms with Gasteiger partial charge < -0.3 is 15.0 Å². The Morgan fingerprint density at radius 1 is 1.06 bits per heavy atom. The molecule has 6 rings (SSSR count). The molecule has 1 unspecified atom stereocenters. The summed E-state index contributed by atoms with van der Waals surface area (Å²) in [6, 6.07) is 13.0. The van der Waals surface area contributed by atoms with Crippen molar-refractivity contribution >= 4 is 23.0 Å². The monoisotopic (exact) mass is 468 g/mol. The molecule has 6 heteroatoms. The minimum absolute atomic E-state index is 0.121. The second-order valence-corrected chi connectivity index (χ2v) is 10.0. The quantitative estimate of drug-likeness (QED) is 0.722. The second kappa shape index (κ2) is 8.61. The van der Waals surface area contributed by atoms with Crippen LogP contribution in [0.3, 0.4) is 0 Å². The molecule has 0 bridgehead atoms. The highest BCUT2D eigenvalue weighted by Gasteiger charge is 2.46. The Balaban J connectivity index is 1.39. The van der Waals surface area contributed by atoms with Gasteiger partial charge in [0.05, 0.1) is 5.57 Å². The number of hydrogen-bond donors (Lipinski definition) is 2. The average Bonchev–Trinajstić information content (AvgIpc) is 2.86. The molecule has 2 aromatic carbocycles. The van der Waals surface area contributed by atoms with Gasteiger partial charge in [-0.15, -0.1) is 0 Å². The Bertz CT molecular complexity index is 1340. The predicted octanol–water partition coefficient (Wildman–Crippen LogP) is 2.50. The molecule has 35 heavy (non-hydrogen) atoms. The number of hydrogen-bond acceptors (Lipinski definition) is 5. The number of ketones is 2. The number of para-hydroxylation sites is 1. The number of Topliss-reactive ketones (excluding diaryl/α,β-unsaturated/α-hetero) is 2. The maximum Gasteiger partial charge on any atom is 0.249 e. The van der Waals surface area contributed by atoms with E-state index in [4.69, 9.17) is 4.74 Å². The van der Waals surface area contributed by atoms with Crippen LogP contribution in [0.5, 0.6) is 5.75 Å². The summed E-state index contributed by atoms with van der Waals surface area (Å²) in [5, 5.41) is 3.50. The van der Waals surface area contributed by atoms with Gasteiger partial charge in [-0.2, -0.15) is 0 Å². The van der Waals surface area contributed by atoms with Crippen molar-refractivity contribution in [3.8, 4) is 5.75 Å². The number of nitrogens with one attached hydrogen (secondary N) is 2. The summed E-state index contributed by atoms with van der Waals surface area (Å²) in [6.45, 7) is 8.10. The smallest absolute Gasteiger partial charge is 0.249 e. The van der Waals surface area contributed by atoms with Gasteiger partial charge in [-0.1, -0.05) is 43.3 Å². The number of carbonyl (C=O) groups is 2. The van der Waals surface area contributed by atoms with Crippen LogP contribution in [0.15, 0.2) is 65.4 Å². The van der Waals surface area contributed by atoms with Gasteiger partial charge in [0, 0.05) is 42.0 Å². The molecule has 2 heterocycles. The van der Waals surface area contributed by atoms with Crippen LogP contribution in [0.2, 0.25) is 0 Å². The van der Waals surface area contributed by atoms with Gasteiger partial charge in [0.1, 0.15) is 5.57 Å². The lowest BCUT2D eigenvalue weighted by atomic mass is 9.76. The zero-order valence-corrected chi connectivity index (χ0v) is 20.2. The molecule has 178 valence electrons. The Morgan fingerprint density at radius 2 is 1.83 bits per heavy atom. The maximum atomic E-state index is 13.8. The van der Waals surface area contributed by atoms with Gasteiger partial charge >= 0.3 is 0 Å². The van der Waals surface area contributed by atoms with E-state index in [-0.39, 0.29) is 11.6 Å². The second-order valence-electron chi connectivity index (χ2n) is 10.0. The van der Waals surface area contributed by atoms with Crippen LogP contribution in [0.4, 0.5) is 5.69 Å². The number of likely N-dealkylation sites (tertiary alicyclic amines) is 1. The van der Waals surface area contributed by atoms with E-state index < -0.39 is 6.10 Å². The van der Waals surface area contributed by atoms with E-state index in [1.807, 2.05) is 37.3 Å². The van der Waals surface area contributed by atoms with Crippen LogP contribution in [0.25, 0.3) is 0 Å². The predicted molar refractivity (Wildman–Crippen MR) is 134 cm³/mol. The van der Waals surface area contributed by atoms with E-state index in [1.165, 1.54) is 12.8 Å². The van der Waals surface area contributed by atoms with E-state index in [1.54, 1.807) is 18.2 Å². The van der Waals surface area contributed by atoms with Crippen LogP contribution in [0, 0.1) is 12.8 Å². The highest BCUT2D eigenvalue weighted by Crippen LogP contribution is 2.36. The first-order valence-corrected chi connectivity index (χ1v) is 12.5. The number of allylic oxidation sites excluding steroid dienone is 1. The Kier molecular flexibility index (Phi) is 5.41. The summed E-state index contributed by atoms with van der Waals surface area (Å²) in [6.07, 6.45) is 3.99. The Morgan fingerprint density at radius 3 is 2.60 bits per heavy atom. The molecule has 2 aliphatic heterocycles. The fourth-order valence-electron chi connectivity index (χ4n) is 5.73. The molecule has 2 N–H and O–H groups in total. The molecule has 2 aromatic rings. The molecule has 1 saturated heterocycles. The van der Waals surface area contributed by atoms with Crippen molar-refractivity contribution < 1.29 is 19.3 Å². The highest BCUT2D eigenvalue weighted by atomic mass is 16.5. The average molecular weight is 469 g/mol. The summed E-state index contributed by atoms with van der Waals surface area (Å²) < 4.78 is 6.35. The molecule has 0 spiro atoms. The van der Waals surface area contributed by atoms with Gasteiger partial charge in [0.15, 0.2) is 11.5 Å². The molecule has 1 fully saturated rings. The fraction of sp³-hybridized carbons (Fsp3) is 0.345. The number of ether oxygens (including phenoxy) is 1. The van der Waals surface area contributed by atoms with Gasteiger partial charge in [-0.25, -0.2) is 4.99 Å². The maximum absolute atomic E-state index is 13.8. The number of piperidine rings is 1. The van der Waals surface area contributed by atoms with Gasteiger partial charge in [-0.3, -0.25) is 9.59 Å². The lowest BCUT2D eigenvalue weighted by Gasteiger charge is -2.32. The van der Waals surface area contributed by atoms with Crippen molar-refractivity contribution in [2.45, 2.75) is 32.8 Å². The van der Waals surface area contributed by atoms with Crippen LogP contribution in [-0.4, -0.2) is 54.5 Å². The van der Waals surface area contributed by atoms with Gasteiger partial charge in [0.25, 0.3) is 0 Å². The lowest BCUT2D eigenvalue weighted by Crippen LogP contribution is -2.74. The lowest BCUT2D eigenvalue weighted by molar-refractivity contribution is -0.363. The summed E-state index contributed by atoms with van der Waals surface area (Å²) in [4.78, 5) is 33.4. The SMILES string of the molecule is Cc1cccc2c1[NH+]=C1C3=C(C(=O)c4ccccc4C3=O)C(NCCN3CCC[C@@H](C)C3)=CC1O2. The zero-order valence-electron chi connectivity index (χ0n) is 20.2. The van der Waals surface area contributed by atoms with Crippen molar-refractivity contribution in [2.24, 2.45) is 5.92 Å². The first kappa shape index (κ1) is 22.0. The third-order valence-electron chi connectivity index (χ3n) is 7.49. The molecule has 6 nitrogen and oxygen atoms in total. The normalized spacial score (nSPS) is 23.4. The topological polar surface area (TPSA) is 72.6 Å². The molecule has 0 amide bonds. The van der Waals surface area contributed by atoms with Crippen LogP contribution >= 0.6 is 0 Å². The largest absolute Gasteiger partial charge is 0.468 e. The van der Waals surface area contributed by atoms with Crippen molar-refractivity contribution in [3.63, 3.8) is 0 Å². The number of carbonyl (C=O) groups excluding carboxylic acids is 2. The minimum Gasteiger partial charge on any atom is -0.468 e. The van der Waals surface area contributed by atoms with Gasteiger partial charge in [0.2, 0.25) is 23.3 Å². The van der Waals surface area contributed by atoms with Gasteiger partial charge in [-0.05, 0) is 44.4 Å². The molecule has 0 saturated carbocycles. The number of nitrogens with zero attached hydrogens (tertiary/aromatic N) is 1. The Labute approximate surface area is 205 Å².